The van der Waals surface area contributed by atoms with Crippen LogP contribution in [0, 0.1) is 29.6 Å². The highest BCUT2D eigenvalue weighted by atomic mass is 16.6. The van der Waals surface area contributed by atoms with Crippen molar-refractivity contribution in [2.45, 2.75) is 58.5 Å². The van der Waals surface area contributed by atoms with Crippen LogP contribution >= 0.6 is 0 Å². The van der Waals surface area contributed by atoms with Gasteiger partial charge in [-0.15, -0.1) is 0 Å². The number of ether oxygens (including phenoxy) is 1. The molecule has 2 heteroatoms. The van der Waals surface area contributed by atoms with E-state index >= 15 is 0 Å². The Bertz CT molecular complexity index is 336. The Hall–Kier alpha value is -0.530. The van der Waals surface area contributed by atoms with Crippen molar-refractivity contribution in [3.8, 4) is 0 Å². The largest absolute Gasteiger partial charge is 0.459 e. The van der Waals surface area contributed by atoms with Gasteiger partial charge >= 0.3 is 5.97 Å². The van der Waals surface area contributed by atoms with E-state index in [2.05, 4.69) is 6.92 Å². The number of fused-ring (bicyclic) bond motifs is 5. The molecule has 0 aromatic rings. The number of hydrogen-bond acceptors (Lipinski definition) is 2. The summed E-state index contributed by atoms with van der Waals surface area (Å²) < 4.78 is 5.86. The molecule has 0 saturated heterocycles. The summed E-state index contributed by atoms with van der Waals surface area (Å²) in [6.45, 7) is 6.04. The van der Waals surface area contributed by atoms with Crippen LogP contribution < -0.4 is 0 Å². The first-order valence-electron chi connectivity index (χ1n) is 7.24. The molecule has 96 valence electrons. The third-order valence-corrected chi connectivity index (χ3v) is 5.56. The second kappa shape index (κ2) is 3.73. The van der Waals surface area contributed by atoms with Gasteiger partial charge < -0.3 is 4.74 Å². The maximum Gasteiger partial charge on any atom is 0.308 e. The monoisotopic (exact) mass is 236 g/mol. The molecular weight excluding hydrogens is 212 g/mol. The van der Waals surface area contributed by atoms with E-state index in [0.29, 0.717) is 5.92 Å². The van der Waals surface area contributed by atoms with Gasteiger partial charge in [0.1, 0.15) is 5.60 Å². The number of hydrogen-bond donors (Lipinski definition) is 0. The van der Waals surface area contributed by atoms with Gasteiger partial charge in [-0.1, -0.05) is 20.3 Å². The van der Waals surface area contributed by atoms with Crippen LogP contribution in [-0.4, -0.2) is 11.6 Å². The normalized spacial score (nSPS) is 47.5. The molecule has 5 atom stereocenters. The van der Waals surface area contributed by atoms with E-state index < -0.39 is 0 Å². The lowest BCUT2D eigenvalue weighted by atomic mass is 9.73. The summed E-state index contributed by atoms with van der Waals surface area (Å²) in [6, 6.07) is 0. The first kappa shape index (κ1) is 11.6. The van der Waals surface area contributed by atoms with Crippen LogP contribution in [0.5, 0.6) is 0 Å². The minimum atomic E-state index is -0.141. The van der Waals surface area contributed by atoms with E-state index in [0.717, 1.165) is 24.2 Å². The highest BCUT2D eigenvalue weighted by Crippen LogP contribution is 2.63. The molecule has 3 aliphatic rings. The van der Waals surface area contributed by atoms with Crippen LogP contribution in [0.25, 0.3) is 0 Å². The summed E-state index contributed by atoms with van der Waals surface area (Å²) in [6.07, 6.45) is 6.64. The Morgan fingerprint density at radius 1 is 1.29 bits per heavy atom. The molecule has 0 radical (unpaired) electrons. The van der Waals surface area contributed by atoms with Crippen LogP contribution in [0.15, 0.2) is 0 Å². The number of rotatable bonds is 2. The van der Waals surface area contributed by atoms with Gasteiger partial charge in [0.2, 0.25) is 0 Å². The highest BCUT2D eigenvalue weighted by molar-refractivity contribution is 5.72. The van der Waals surface area contributed by atoms with E-state index in [1.165, 1.54) is 25.7 Å². The van der Waals surface area contributed by atoms with Crippen molar-refractivity contribution < 1.29 is 9.53 Å². The maximum absolute atomic E-state index is 11.9. The zero-order chi connectivity index (χ0) is 12.2. The summed E-state index contributed by atoms with van der Waals surface area (Å²) in [5.74, 6) is 3.32. The zero-order valence-corrected chi connectivity index (χ0v) is 11.2. The lowest BCUT2D eigenvalue weighted by molar-refractivity contribution is -0.170. The summed E-state index contributed by atoms with van der Waals surface area (Å²) in [4.78, 5) is 11.9. The third-order valence-electron chi connectivity index (χ3n) is 5.56. The molecule has 0 N–H and O–H groups in total. The average Bonchev–Trinajstić information content (AvgIpc) is 2.86. The Kier molecular flexibility index (Phi) is 2.53. The molecule has 3 saturated carbocycles. The summed E-state index contributed by atoms with van der Waals surface area (Å²) in [7, 11) is 0. The SMILES string of the molecule is CC(C)C(=O)OC1(C)CC2CC1[C@H]1CCCC21. The van der Waals surface area contributed by atoms with E-state index in [4.69, 9.17) is 4.74 Å². The molecule has 3 fully saturated rings. The zero-order valence-electron chi connectivity index (χ0n) is 11.2. The summed E-state index contributed by atoms with van der Waals surface area (Å²) in [5, 5.41) is 0. The molecular formula is C15H24O2. The van der Waals surface area contributed by atoms with Gasteiger partial charge in [-0.25, -0.2) is 0 Å². The van der Waals surface area contributed by atoms with Crippen LogP contribution in [0.4, 0.5) is 0 Å². The van der Waals surface area contributed by atoms with Crippen molar-refractivity contribution in [1.29, 1.82) is 0 Å². The first-order chi connectivity index (χ1) is 8.01. The predicted octanol–water partition coefficient (Wildman–Crippen LogP) is 3.40. The van der Waals surface area contributed by atoms with E-state index in [9.17, 15) is 4.79 Å². The Balaban J connectivity index is 1.75. The van der Waals surface area contributed by atoms with E-state index in [1.54, 1.807) is 0 Å². The lowest BCUT2D eigenvalue weighted by Crippen LogP contribution is -2.43. The molecule has 0 amide bonds. The number of carbonyl (C=O) groups excluding carboxylic acids is 1. The molecule has 17 heavy (non-hydrogen) atoms. The lowest BCUT2D eigenvalue weighted by Gasteiger charge is -2.40. The van der Waals surface area contributed by atoms with Crippen LogP contribution in [-0.2, 0) is 9.53 Å². The van der Waals surface area contributed by atoms with Crippen molar-refractivity contribution in [3.05, 3.63) is 0 Å². The summed E-state index contributed by atoms with van der Waals surface area (Å²) >= 11 is 0. The van der Waals surface area contributed by atoms with Gasteiger partial charge in [0.15, 0.2) is 0 Å². The van der Waals surface area contributed by atoms with Gasteiger partial charge in [0.25, 0.3) is 0 Å². The molecule has 0 aromatic heterocycles. The maximum atomic E-state index is 11.9. The van der Waals surface area contributed by atoms with Gasteiger partial charge in [-0.3, -0.25) is 4.79 Å². The fourth-order valence-electron chi connectivity index (χ4n) is 4.85. The molecule has 0 spiro atoms. The number of esters is 1. The molecule has 0 heterocycles. The molecule has 2 bridgehead atoms. The molecule has 3 rings (SSSR count). The van der Waals surface area contributed by atoms with Crippen molar-refractivity contribution >= 4 is 5.97 Å². The van der Waals surface area contributed by atoms with Gasteiger partial charge in [-0.2, -0.15) is 0 Å². The van der Waals surface area contributed by atoms with Gasteiger partial charge in [0.05, 0.1) is 5.92 Å². The van der Waals surface area contributed by atoms with Crippen molar-refractivity contribution in [1.82, 2.24) is 0 Å². The summed E-state index contributed by atoms with van der Waals surface area (Å²) in [5.41, 5.74) is -0.141. The van der Waals surface area contributed by atoms with E-state index in [1.807, 2.05) is 13.8 Å². The first-order valence-corrected chi connectivity index (χ1v) is 7.24. The Labute approximate surface area is 104 Å². The van der Waals surface area contributed by atoms with Crippen LogP contribution in [0.2, 0.25) is 0 Å². The highest BCUT2D eigenvalue weighted by Gasteiger charge is 2.60. The molecule has 0 aromatic carbocycles. The standard InChI is InChI=1S/C15H24O2/c1-9(2)14(16)17-15(3)8-10-7-13(15)12-6-4-5-11(10)12/h9-13H,4-8H2,1-3H3/t10?,11?,12-,13?,15?/m0/s1. The minimum Gasteiger partial charge on any atom is -0.459 e. The second-order valence-corrected chi connectivity index (χ2v) is 6.95. The smallest absolute Gasteiger partial charge is 0.308 e. The minimum absolute atomic E-state index is 0.00493. The van der Waals surface area contributed by atoms with Crippen molar-refractivity contribution in [2.75, 3.05) is 0 Å². The predicted molar refractivity (Wildman–Crippen MR) is 66.4 cm³/mol. The second-order valence-electron chi connectivity index (χ2n) is 6.95. The molecule has 2 nitrogen and oxygen atoms in total. The molecule has 3 aliphatic carbocycles. The molecule has 0 aliphatic heterocycles. The molecule has 4 unspecified atom stereocenters. The third kappa shape index (κ3) is 1.63. The Morgan fingerprint density at radius 3 is 2.71 bits per heavy atom. The van der Waals surface area contributed by atoms with Gasteiger partial charge in [-0.05, 0) is 50.4 Å². The number of carbonyl (C=O) groups is 1. The topological polar surface area (TPSA) is 26.3 Å². The van der Waals surface area contributed by atoms with Crippen molar-refractivity contribution in [2.24, 2.45) is 29.6 Å². The van der Waals surface area contributed by atoms with Gasteiger partial charge in [0, 0.05) is 5.92 Å². The van der Waals surface area contributed by atoms with Crippen LogP contribution in [0.1, 0.15) is 52.9 Å². The van der Waals surface area contributed by atoms with E-state index in [-0.39, 0.29) is 17.5 Å². The van der Waals surface area contributed by atoms with Crippen LogP contribution in [0.3, 0.4) is 0 Å². The quantitative estimate of drug-likeness (QED) is 0.687. The van der Waals surface area contributed by atoms with Crippen molar-refractivity contribution in [3.63, 3.8) is 0 Å². The fraction of sp³-hybridized carbons (Fsp3) is 0.933. The average molecular weight is 236 g/mol. The fourth-order valence-corrected chi connectivity index (χ4v) is 4.85. The Morgan fingerprint density at radius 2 is 2.00 bits per heavy atom.